The van der Waals surface area contributed by atoms with Gasteiger partial charge in [0.05, 0.1) is 6.61 Å². The number of benzene rings is 1. The maximum Gasteiger partial charge on any atom is 0.121 e. The Hall–Kier alpha value is -1.22. The number of ether oxygens (including phenoxy) is 1. The van der Waals surface area contributed by atoms with Gasteiger partial charge in [0.25, 0.3) is 0 Å². The van der Waals surface area contributed by atoms with Crippen LogP contribution in [0, 0.1) is 5.92 Å². The summed E-state index contributed by atoms with van der Waals surface area (Å²) >= 11 is 0. The average molecular weight is 237 g/mol. The molecule has 1 aromatic carbocycles. The van der Waals surface area contributed by atoms with Gasteiger partial charge in [-0.2, -0.15) is 0 Å². The summed E-state index contributed by atoms with van der Waals surface area (Å²) in [7, 11) is 0. The zero-order valence-corrected chi connectivity index (χ0v) is 10.8. The molecule has 0 spiro atoms. The highest BCUT2D eigenvalue weighted by molar-refractivity contribution is 5.48. The van der Waals surface area contributed by atoms with Crippen molar-refractivity contribution in [2.45, 2.75) is 26.7 Å². The number of hydrogen-bond acceptors (Lipinski definition) is 3. The lowest BCUT2D eigenvalue weighted by Gasteiger charge is -2.11. The van der Waals surface area contributed by atoms with Crippen LogP contribution in [0.1, 0.15) is 26.7 Å². The van der Waals surface area contributed by atoms with Gasteiger partial charge in [-0.15, -0.1) is 0 Å². The third-order valence-electron chi connectivity index (χ3n) is 2.33. The third kappa shape index (κ3) is 6.17. The van der Waals surface area contributed by atoms with Crippen molar-refractivity contribution >= 4 is 5.69 Å². The van der Waals surface area contributed by atoms with Gasteiger partial charge in [-0.25, -0.2) is 0 Å². The zero-order valence-electron chi connectivity index (χ0n) is 10.8. The third-order valence-corrected chi connectivity index (χ3v) is 2.33. The van der Waals surface area contributed by atoms with E-state index in [1.165, 1.54) is 0 Å². The van der Waals surface area contributed by atoms with Crippen LogP contribution in [0.25, 0.3) is 0 Å². The van der Waals surface area contributed by atoms with Crippen molar-refractivity contribution in [2.75, 3.05) is 25.1 Å². The molecule has 3 nitrogen and oxygen atoms in total. The van der Waals surface area contributed by atoms with Crippen LogP contribution < -0.4 is 10.1 Å². The topological polar surface area (TPSA) is 41.5 Å². The summed E-state index contributed by atoms with van der Waals surface area (Å²) in [5.41, 5.74) is 1.07. The van der Waals surface area contributed by atoms with Crippen LogP contribution in [0.3, 0.4) is 0 Å². The minimum Gasteiger partial charge on any atom is -0.493 e. The first-order valence-corrected chi connectivity index (χ1v) is 6.30. The molecule has 0 aliphatic carbocycles. The molecule has 1 rings (SSSR count). The molecule has 0 radical (unpaired) electrons. The fourth-order valence-electron chi connectivity index (χ4n) is 1.43. The summed E-state index contributed by atoms with van der Waals surface area (Å²) < 4.78 is 5.66. The molecule has 0 bridgehead atoms. The molecule has 0 saturated carbocycles. The molecule has 17 heavy (non-hydrogen) atoms. The van der Waals surface area contributed by atoms with E-state index in [9.17, 15) is 0 Å². The van der Waals surface area contributed by atoms with Crippen molar-refractivity contribution in [3.63, 3.8) is 0 Å². The second-order valence-corrected chi connectivity index (χ2v) is 4.59. The van der Waals surface area contributed by atoms with E-state index in [0.717, 1.165) is 37.4 Å². The van der Waals surface area contributed by atoms with E-state index in [0.29, 0.717) is 5.92 Å². The van der Waals surface area contributed by atoms with Crippen LogP contribution in [-0.2, 0) is 0 Å². The van der Waals surface area contributed by atoms with Gasteiger partial charge in [-0.1, -0.05) is 19.9 Å². The fourth-order valence-corrected chi connectivity index (χ4v) is 1.43. The van der Waals surface area contributed by atoms with Crippen LogP contribution in [0.5, 0.6) is 5.75 Å². The Bertz CT molecular complexity index is 313. The first-order chi connectivity index (χ1) is 8.22. The number of rotatable bonds is 8. The van der Waals surface area contributed by atoms with Gasteiger partial charge in [0.2, 0.25) is 0 Å². The molecule has 96 valence electrons. The van der Waals surface area contributed by atoms with Crippen molar-refractivity contribution in [3.8, 4) is 5.75 Å². The Morgan fingerprint density at radius 2 is 2.12 bits per heavy atom. The number of aliphatic hydroxyl groups excluding tert-OH is 1. The summed E-state index contributed by atoms with van der Waals surface area (Å²) in [6.07, 6.45) is 1.82. The van der Waals surface area contributed by atoms with Gasteiger partial charge in [0.15, 0.2) is 0 Å². The molecule has 0 saturated heterocycles. The highest BCUT2D eigenvalue weighted by Crippen LogP contribution is 2.18. The van der Waals surface area contributed by atoms with Gasteiger partial charge < -0.3 is 15.2 Å². The Morgan fingerprint density at radius 1 is 1.29 bits per heavy atom. The lowest BCUT2D eigenvalue weighted by Crippen LogP contribution is -2.05. The predicted octanol–water partition coefficient (Wildman–Crippen LogP) is 2.91. The van der Waals surface area contributed by atoms with Crippen molar-refractivity contribution in [1.82, 2.24) is 0 Å². The second kappa shape index (κ2) is 7.96. The summed E-state index contributed by atoms with van der Waals surface area (Å²) in [6, 6.07) is 8.01. The first-order valence-electron chi connectivity index (χ1n) is 6.30. The first kappa shape index (κ1) is 13.8. The molecule has 0 fully saturated rings. The van der Waals surface area contributed by atoms with E-state index in [2.05, 4.69) is 19.2 Å². The van der Waals surface area contributed by atoms with Gasteiger partial charge in [-0.3, -0.25) is 0 Å². The molecule has 1 aromatic rings. The van der Waals surface area contributed by atoms with Crippen LogP contribution in [0.2, 0.25) is 0 Å². The van der Waals surface area contributed by atoms with Crippen LogP contribution in [-0.4, -0.2) is 24.9 Å². The fraction of sp³-hybridized carbons (Fsp3) is 0.571. The molecule has 0 unspecified atom stereocenters. The molecule has 0 aliphatic rings. The molecule has 0 aromatic heterocycles. The smallest absolute Gasteiger partial charge is 0.121 e. The predicted molar refractivity (Wildman–Crippen MR) is 71.6 cm³/mol. The van der Waals surface area contributed by atoms with Gasteiger partial charge in [0.1, 0.15) is 5.75 Å². The number of hydrogen-bond donors (Lipinski definition) is 2. The number of aliphatic hydroxyl groups is 1. The molecule has 0 aliphatic heterocycles. The highest BCUT2D eigenvalue weighted by atomic mass is 16.5. The zero-order chi connectivity index (χ0) is 12.5. The summed E-state index contributed by atoms with van der Waals surface area (Å²) in [5.74, 6) is 1.45. The summed E-state index contributed by atoms with van der Waals surface area (Å²) in [4.78, 5) is 0. The SMILES string of the molecule is CC(C)COc1cccc(NCCCCO)c1. The van der Waals surface area contributed by atoms with Crippen molar-refractivity contribution in [1.29, 1.82) is 0 Å². The average Bonchev–Trinajstić information content (AvgIpc) is 2.33. The standard InChI is InChI=1S/C14H23NO2/c1-12(2)11-17-14-7-5-6-13(10-14)15-8-3-4-9-16/h5-7,10,12,15-16H,3-4,8-9,11H2,1-2H3. The van der Waals surface area contributed by atoms with Gasteiger partial charge >= 0.3 is 0 Å². The van der Waals surface area contributed by atoms with Crippen molar-refractivity contribution in [2.24, 2.45) is 5.92 Å². The van der Waals surface area contributed by atoms with Gasteiger partial charge in [0, 0.05) is 24.9 Å². The maximum absolute atomic E-state index is 8.68. The molecule has 3 heteroatoms. The van der Waals surface area contributed by atoms with Crippen LogP contribution in [0.4, 0.5) is 5.69 Å². The second-order valence-electron chi connectivity index (χ2n) is 4.59. The quantitative estimate of drug-likeness (QED) is 0.683. The lowest BCUT2D eigenvalue weighted by molar-refractivity contribution is 0.271. The van der Waals surface area contributed by atoms with Crippen molar-refractivity contribution in [3.05, 3.63) is 24.3 Å². The molecular weight excluding hydrogens is 214 g/mol. The van der Waals surface area contributed by atoms with E-state index in [1.54, 1.807) is 0 Å². The Morgan fingerprint density at radius 3 is 2.82 bits per heavy atom. The summed E-state index contributed by atoms with van der Waals surface area (Å²) in [6.45, 7) is 6.16. The number of unbranched alkanes of at least 4 members (excludes halogenated alkanes) is 1. The van der Waals surface area contributed by atoms with Crippen LogP contribution >= 0.6 is 0 Å². The Balaban J connectivity index is 2.37. The van der Waals surface area contributed by atoms with Crippen LogP contribution in [0.15, 0.2) is 24.3 Å². The van der Waals surface area contributed by atoms with E-state index in [-0.39, 0.29) is 6.61 Å². The monoisotopic (exact) mass is 237 g/mol. The Kier molecular flexibility index (Phi) is 6.48. The van der Waals surface area contributed by atoms with Crippen molar-refractivity contribution < 1.29 is 9.84 Å². The lowest BCUT2D eigenvalue weighted by atomic mass is 10.2. The highest BCUT2D eigenvalue weighted by Gasteiger charge is 1.98. The largest absolute Gasteiger partial charge is 0.493 e. The van der Waals surface area contributed by atoms with E-state index in [4.69, 9.17) is 9.84 Å². The van der Waals surface area contributed by atoms with E-state index >= 15 is 0 Å². The molecular formula is C14H23NO2. The molecule has 2 N–H and O–H groups in total. The summed E-state index contributed by atoms with van der Waals surface area (Å²) in [5, 5.41) is 12.0. The normalized spacial score (nSPS) is 10.6. The molecule has 0 heterocycles. The maximum atomic E-state index is 8.68. The molecule has 0 amide bonds. The van der Waals surface area contributed by atoms with E-state index in [1.807, 2.05) is 24.3 Å². The van der Waals surface area contributed by atoms with Gasteiger partial charge in [-0.05, 0) is 30.9 Å². The Labute approximate surface area is 104 Å². The van der Waals surface area contributed by atoms with E-state index < -0.39 is 0 Å². The minimum absolute atomic E-state index is 0.263. The number of nitrogens with one attached hydrogen (secondary N) is 1. The molecule has 0 atom stereocenters. The minimum atomic E-state index is 0.263. The number of anilines is 1.